The van der Waals surface area contributed by atoms with E-state index in [1.165, 1.54) is 0 Å². The van der Waals surface area contributed by atoms with E-state index in [9.17, 15) is 24.0 Å². The summed E-state index contributed by atoms with van der Waals surface area (Å²) in [6.45, 7) is 5.93. The Kier molecular flexibility index (Phi) is 20.6. The summed E-state index contributed by atoms with van der Waals surface area (Å²) in [5.74, 6) is -1.70. The van der Waals surface area contributed by atoms with Crippen LogP contribution < -0.4 is 10.6 Å². The maximum absolute atomic E-state index is 11.9. The topological polar surface area (TPSA) is 159 Å². The number of hydroxylamine groups is 2. The van der Waals surface area contributed by atoms with E-state index in [4.69, 9.17) is 23.8 Å². The molecule has 0 aromatic rings. The van der Waals surface area contributed by atoms with E-state index in [2.05, 4.69) is 10.6 Å². The summed E-state index contributed by atoms with van der Waals surface area (Å²) < 4.78 is 21.2. The second kappa shape index (κ2) is 23.3. The van der Waals surface area contributed by atoms with Gasteiger partial charge in [0, 0.05) is 45.4 Å². The van der Waals surface area contributed by atoms with Crippen molar-refractivity contribution in [2.24, 2.45) is 0 Å². The molecule has 1 saturated heterocycles. The number of carbonyl (C=O) groups is 5. The molecule has 13 nitrogen and oxygen atoms in total. The molecule has 0 radical (unpaired) electrons. The van der Waals surface area contributed by atoms with Crippen LogP contribution in [0.25, 0.3) is 0 Å². The molecule has 0 aromatic heterocycles. The van der Waals surface area contributed by atoms with Gasteiger partial charge in [0.15, 0.2) is 0 Å². The summed E-state index contributed by atoms with van der Waals surface area (Å²) in [6, 6.07) is 0. The van der Waals surface area contributed by atoms with Gasteiger partial charge in [0.05, 0.1) is 52.7 Å². The fraction of sp³-hybridized carbons (Fsp3) is 0.808. The van der Waals surface area contributed by atoms with Crippen LogP contribution in [0.15, 0.2) is 0 Å². The number of rotatable bonds is 25. The van der Waals surface area contributed by atoms with Crippen molar-refractivity contribution in [3.05, 3.63) is 0 Å². The standard InChI is InChI=1S/C26H45N3O10/c1-2-35-15-11-23(31)27-13-7-5-3-4-6-8-22(30)28-14-17-37-19-21-38-20-18-36-16-12-26(34)39-29-24(32)9-10-25(29)33/h2-21H2,1H3,(H,27,31)(H,28,30). The van der Waals surface area contributed by atoms with Crippen LogP contribution in [0.4, 0.5) is 0 Å². The van der Waals surface area contributed by atoms with Gasteiger partial charge >= 0.3 is 5.97 Å². The van der Waals surface area contributed by atoms with Gasteiger partial charge in [0.25, 0.3) is 11.8 Å². The van der Waals surface area contributed by atoms with Crippen molar-refractivity contribution in [2.75, 3.05) is 65.9 Å². The van der Waals surface area contributed by atoms with Crippen LogP contribution >= 0.6 is 0 Å². The fourth-order valence-corrected chi connectivity index (χ4v) is 3.42. The Morgan fingerprint density at radius 1 is 0.641 bits per heavy atom. The molecular formula is C26H45N3O10. The van der Waals surface area contributed by atoms with Gasteiger partial charge in [-0.1, -0.05) is 19.3 Å². The fourth-order valence-electron chi connectivity index (χ4n) is 3.42. The zero-order valence-corrected chi connectivity index (χ0v) is 23.2. The Bertz CT molecular complexity index is 719. The highest BCUT2D eigenvalue weighted by Crippen LogP contribution is 2.12. The molecule has 1 aliphatic heterocycles. The third kappa shape index (κ3) is 19.2. The molecule has 1 rings (SSSR count). The number of hydrogen-bond donors (Lipinski definition) is 2. The first-order chi connectivity index (χ1) is 18.9. The van der Waals surface area contributed by atoms with Gasteiger partial charge in [-0.25, -0.2) is 4.79 Å². The van der Waals surface area contributed by atoms with Gasteiger partial charge in [-0.15, -0.1) is 5.06 Å². The molecule has 0 aromatic carbocycles. The minimum absolute atomic E-state index is 0.0103. The van der Waals surface area contributed by atoms with E-state index in [0.29, 0.717) is 70.6 Å². The molecule has 0 aliphatic carbocycles. The van der Waals surface area contributed by atoms with Gasteiger partial charge in [0.1, 0.15) is 0 Å². The first-order valence-electron chi connectivity index (χ1n) is 13.8. The van der Waals surface area contributed by atoms with E-state index >= 15 is 0 Å². The van der Waals surface area contributed by atoms with E-state index in [0.717, 1.165) is 32.1 Å². The number of carbonyl (C=O) groups excluding carboxylic acids is 5. The zero-order valence-electron chi connectivity index (χ0n) is 23.2. The monoisotopic (exact) mass is 559 g/mol. The van der Waals surface area contributed by atoms with Crippen molar-refractivity contribution in [1.82, 2.24) is 15.7 Å². The van der Waals surface area contributed by atoms with Crippen LogP contribution in [0.3, 0.4) is 0 Å². The summed E-state index contributed by atoms with van der Waals surface area (Å²) in [5.41, 5.74) is 0. The number of ether oxygens (including phenoxy) is 4. The molecule has 0 saturated carbocycles. The van der Waals surface area contributed by atoms with E-state index < -0.39 is 17.8 Å². The van der Waals surface area contributed by atoms with Gasteiger partial charge < -0.3 is 34.4 Å². The highest BCUT2D eigenvalue weighted by Gasteiger charge is 2.32. The largest absolute Gasteiger partial charge is 0.381 e. The normalized spacial score (nSPS) is 13.1. The highest BCUT2D eigenvalue weighted by atomic mass is 16.7. The van der Waals surface area contributed by atoms with E-state index in [1.54, 1.807) is 0 Å². The molecule has 1 aliphatic rings. The second-order valence-corrected chi connectivity index (χ2v) is 8.80. The summed E-state index contributed by atoms with van der Waals surface area (Å²) >= 11 is 0. The minimum Gasteiger partial charge on any atom is -0.381 e. The first-order valence-corrected chi connectivity index (χ1v) is 13.8. The number of imide groups is 1. The molecule has 4 amide bonds. The SMILES string of the molecule is CCOCCC(=O)NCCCCCCCC(=O)NCCOCCOCCOCCC(=O)ON1C(=O)CCC1=O. The van der Waals surface area contributed by atoms with Gasteiger partial charge in [-0.05, 0) is 19.8 Å². The van der Waals surface area contributed by atoms with Crippen molar-refractivity contribution in [2.45, 2.75) is 71.1 Å². The molecular weight excluding hydrogens is 514 g/mol. The number of nitrogens with zero attached hydrogens (tertiary/aromatic N) is 1. The maximum atomic E-state index is 11.9. The quantitative estimate of drug-likeness (QED) is 0.122. The van der Waals surface area contributed by atoms with Crippen molar-refractivity contribution < 1.29 is 47.8 Å². The Balaban J connectivity index is 1.78. The van der Waals surface area contributed by atoms with Crippen molar-refractivity contribution in [3.8, 4) is 0 Å². The maximum Gasteiger partial charge on any atom is 0.335 e. The molecule has 0 unspecified atom stereocenters. The second-order valence-electron chi connectivity index (χ2n) is 8.80. The molecule has 0 atom stereocenters. The number of hydrogen-bond acceptors (Lipinski definition) is 10. The molecule has 0 bridgehead atoms. The van der Waals surface area contributed by atoms with Crippen LogP contribution in [0, 0.1) is 0 Å². The van der Waals surface area contributed by atoms with E-state index in [1.807, 2.05) is 6.92 Å². The van der Waals surface area contributed by atoms with Crippen molar-refractivity contribution >= 4 is 29.6 Å². The lowest BCUT2D eigenvalue weighted by Crippen LogP contribution is -2.32. The van der Waals surface area contributed by atoms with Crippen LogP contribution in [0.5, 0.6) is 0 Å². The number of amides is 4. The minimum atomic E-state index is -0.705. The van der Waals surface area contributed by atoms with Crippen LogP contribution in [-0.2, 0) is 47.8 Å². The highest BCUT2D eigenvalue weighted by molar-refractivity contribution is 6.01. The van der Waals surface area contributed by atoms with Gasteiger partial charge in [-0.2, -0.15) is 0 Å². The Morgan fingerprint density at radius 2 is 1.18 bits per heavy atom. The number of nitrogens with one attached hydrogen (secondary N) is 2. The summed E-state index contributed by atoms with van der Waals surface area (Å²) in [4.78, 5) is 62.5. The Labute approximate surface area is 230 Å². The molecule has 2 N–H and O–H groups in total. The van der Waals surface area contributed by atoms with Crippen molar-refractivity contribution in [1.29, 1.82) is 0 Å². The van der Waals surface area contributed by atoms with Crippen LogP contribution in [0.2, 0.25) is 0 Å². The predicted molar refractivity (Wildman–Crippen MR) is 139 cm³/mol. The van der Waals surface area contributed by atoms with Gasteiger partial charge in [0.2, 0.25) is 11.8 Å². The zero-order chi connectivity index (χ0) is 28.6. The first kappa shape index (κ1) is 34.4. The molecule has 0 spiro atoms. The predicted octanol–water partition coefficient (Wildman–Crippen LogP) is 1.03. The van der Waals surface area contributed by atoms with Crippen LogP contribution in [-0.4, -0.2) is 101 Å². The molecule has 39 heavy (non-hydrogen) atoms. The average molecular weight is 560 g/mol. The average Bonchev–Trinajstić information content (AvgIpc) is 3.23. The number of unbranched alkanes of at least 4 members (excludes halogenated alkanes) is 4. The molecule has 1 fully saturated rings. The molecule has 13 heteroatoms. The lowest BCUT2D eigenvalue weighted by molar-refractivity contribution is -0.198. The lowest BCUT2D eigenvalue weighted by atomic mass is 10.1. The molecule has 1 heterocycles. The third-order valence-corrected chi connectivity index (χ3v) is 5.54. The molecule has 224 valence electrons. The summed E-state index contributed by atoms with van der Waals surface area (Å²) in [5, 5.41) is 6.22. The Hall–Kier alpha value is -2.61. The van der Waals surface area contributed by atoms with E-state index in [-0.39, 0.29) is 44.3 Å². The smallest absolute Gasteiger partial charge is 0.335 e. The third-order valence-electron chi connectivity index (χ3n) is 5.54. The summed E-state index contributed by atoms with van der Waals surface area (Å²) in [6.07, 6.45) is 5.73. The van der Waals surface area contributed by atoms with Crippen molar-refractivity contribution in [3.63, 3.8) is 0 Å². The van der Waals surface area contributed by atoms with Gasteiger partial charge in [-0.3, -0.25) is 19.2 Å². The lowest BCUT2D eigenvalue weighted by Gasteiger charge is -2.12. The summed E-state index contributed by atoms with van der Waals surface area (Å²) in [7, 11) is 0. The van der Waals surface area contributed by atoms with Crippen LogP contribution in [0.1, 0.15) is 71.1 Å². The Morgan fingerprint density at radius 3 is 1.87 bits per heavy atom.